The monoisotopic (exact) mass is 615 g/mol. The Hall–Kier alpha value is -3.62. The predicted octanol–water partition coefficient (Wildman–Crippen LogP) is 5.05. The highest BCUT2D eigenvalue weighted by molar-refractivity contribution is 5.94. The summed E-state index contributed by atoms with van der Waals surface area (Å²) in [5.41, 5.74) is -0.241. The minimum absolute atomic E-state index is 0.132. The Kier molecular flexibility index (Phi) is 10.0. The van der Waals surface area contributed by atoms with E-state index in [2.05, 4.69) is 30.8 Å². The van der Waals surface area contributed by atoms with Crippen molar-refractivity contribution in [3.63, 3.8) is 0 Å². The molecule has 2 aromatic rings. The molecule has 2 amide bonds. The van der Waals surface area contributed by atoms with Gasteiger partial charge < -0.3 is 25.8 Å². The van der Waals surface area contributed by atoms with Crippen molar-refractivity contribution in [3.8, 4) is 0 Å². The van der Waals surface area contributed by atoms with Crippen molar-refractivity contribution >= 4 is 29.3 Å². The predicted molar refractivity (Wildman–Crippen MR) is 148 cm³/mol. The van der Waals surface area contributed by atoms with E-state index in [-0.39, 0.29) is 17.9 Å². The minimum Gasteiger partial charge on any atom is -0.366 e. The minimum atomic E-state index is -4.80. The maximum atomic E-state index is 13.8. The number of rotatable bonds is 9. The normalized spacial score (nSPS) is 20.1. The zero-order valence-corrected chi connectivity index (χ0v) is 23.9. The van der Waals surface area contributed by atoms with Crippen LogP contribution in [0.15, 0.2) is 30.5 Å². The van der Waals surface area contributed by atoms with E-state index in [4.69, 9.17) is 0 Å². The van der Waals surface area contributed by atoms with Crippen LogP contribution >= 0.6 is 0 Å². The van der Waals surface area contributed by atoms with Crippen LogP contribution in [-0.2, 0) is 11.0 Å². The number of nitrogens with zero attached hydrogens (tertiary/aromatic N) is 4. The number of nitrogens with one attached hydrogen (secondary N) is 3. The summed E-state index contributed by atoms with van der Waals surface area (Å²) in [6, 6.07) is 5.80. The summed E-state index contributed by atoms with van der Waals surface area (Å²) in [5, 5.41) is 7.77. The maximum absolute atomic E-state index is 13.8. The van der Waals surface area contributed by atoms with E-state index in [1.165, 1.54) is 0 Å². The molecule has 43 heavy (non-hydrogen) atoms. The van der Waals surface area contributed by atoms with Crippen LogP contribution in [0.3, 0.4) is 0 Å². The van der Waals surface area contributed by atoms with Crippen LogP contribution in [0.1, 0.15) is 54.4 Å². The first-order chi connectivity index (χ1) is 20.2. The summed E-state index contributed by atoms with van der Waals surface area (Å²) in [7, 11) is 3.82. The number of anilines is 3. The molecule has 1 aromatic heterocycles. The lowest BCUT2D eigenvalue weighted by molar-refractivity contribution is -0.138. The van der Waals surface area contributed by atoms with Crippen molar-refractivity contribution in [1.29, 1.82) is 0 Å². The quantitative estimate of drug-likeness (QED) is 0.339. The second-order valence-electron chi connectivity index (χ2n) is 11.1. The molecule has 3 N–H and O–H groups in total. The van der Waals surface area contributed by atoms with Crippen LogP contribution in [-0.4, -0.2) is 83.6 Å². The number of carbonyl (C=O) groups excluding carboxylic acids is 2. The third-order valence-corrected chi connectivity index (χ3v) is 7.92. The maximum Gasteiger partial charge on any atom is 0.421 e. The molecule has 1 aromatic carbocycles. The number of hydrogen-bond donors (Lipinski definition) is 3. The number of likely N-dealkylation sites (tertiary alicyclic amines) is 1. The van der Waals surface area contributed by atoms with Gasteiger partial charge in [-0.1, -0.05) is 6.42 Å². The summed E-state index contributed by atoms with van der Waals surface area (Å²) in [5.74, 6) is -2.31. The van der Waals surface area contributed by atoms with Gasteiger partial charge in [-0.3, -0.25) is 9.59 Å². The highest BCUT2D eigenvalue weighted by atomic mass is 19.4. The summed E-state index contributed by atoms with van der Waals surface area (Å²) >= 11 is 0. The summed E-state index contributed by atoms with van der Waals surface area (Å²) in [6.07, 6.45) is -6.91. The largest absolute Gasteiger partial charge is 0.421 e. The zero-order valence-electron chi connectivity index (χ0n) is 23.9. The molecule has 1 saturated carbocycles. The van der Waals surface area contributed by atoms with Gasteiger partial charge in [-0.15, -0.1) is 0 Å². The number of hydrogen-bond acceptors (Lipinski definition) is 7. The molecular formula is C28H35F6N7O2. The van der Waals surface area contributed by atoms with Gasteiger partial charge >= 0.3 is 12.4 Å². The molecule has 4 rings (SSSR count). The third-order valence-electron chi connectivity index (χ3n) is 7.92. The third kappa shape index (κ3) is 8.71. The second-order valence-corrected chi connectivity index (χ2v) is 11.1. The Morgan fingerprint density at radius 2 is 1.70 bits per heavy atom. The lowest BCUT2D eigenvalue weighted by Gasteiger charge is -2.35. The molecular weight excluding hydrogens is 580 g/mol. The fourth-order valence-corrected chi connectivity index (χ4v) is 5.42. The van der Waals surface area contributed by atoms with Crippen molar-refractivity contribution in [2.75, 3.05) is 44.4 Å². The number of piperidine rings is 1. The lowest BCUT2D eigenvalue weighted by Crippen LogP contribution is -2.44. The number of halogens is 6. The molecule has 0 bridgehead atoms. The van der Waals surface area contributed by atoms with Gasteiger partial charge in [0.05, 0.1) is 12.3 Å². The van der Waals surface area contributed by atoms with Crippen molar-refractivity contribution < 1.29 is 35.9 Å². The smallest absolute Gasteiger partial charge is 0.366 e. The van der Waals surface area contributed by atoms with Crippen molar-refractivity contribution in [3.05, 3.63) is 41.6 Å². The highest BCUT2D eigenvalue weighted by Gasteiger charge is 2.39. The highest BCUT2D eigenvalue weighted by Crippen LogP contribution is 2.37. The van der Waals surface area contributed by atoms with E-state index < -0.39 is 54.6 Å². The van der Waals surface area contributed by atoms with Crippen LogP contribution in [0.25, 0.3) is 0 Å². The van der Waals surface area contributed by atoms with E-state index in [1.807, 2.05) is 7.05 Å². The Morgan fingerprint density at radius 1 is 1.02 bits per heavy atom. The van der Waals surface area contributed by atoms with E-state index >= 15 is 0 Å². The Bertz CT molecular complexity index is 1260. The zero-order chi connectivity index (χ0) is 31.4. The number of aromatic nitrogens is 2. The summed E-state index contributed by atoms with van der Waals surface area (Å²) < 4.78 is 78.7. The molecule has 2 heterocycles. The van der Waals surface area contributed by atoms with Gasteiger partial charge in [0, 0.05) is 43.1 Å². The summed E-state index contributed by atoms with van der Waals surface area (Å²) in [6.45, 7) is 1.21. The van der Waals surface area contributed by atoms with E-state index in [0.717, 1.165) is 25.9 Å². The Labute approximate surface area is 245 Å². The van der Waals surface area contributed by atoms with Gasteiger partial charge in [0.25, 0.3) is 5.91 Å². The SMILES string of the molecule is CN1CCC(N(C)C(=O)c2ccc(Nc3ncc(C(F)(F)F)c(N[C@@H]4CCC[C@@H]4C(=O)NCCC(F)(F)F)n3)cc2)CC1. The van der Waals surface area contributed by atoms with Gasteiger partial charge in [0.2, 0.25) is 11.9 Å². The molecule has 0 unspecified atom stereocenters. The Morgan fingerprint density at radius 3 is 2.33 bits per heavy atom. The molecule has 15 heteroatoms. The van der Waals surface area contributed by atoms with Crippen LogP contribution in [0.5, 0.6) is 0 Å². The van der Waals surface area contributed by atoms with Gasteiger partial charge in [-0.05, 0) is 70.1 Å². The molecule has 1 aliphatic heterocycles. The first kappa shape index (κ1) is 32.3. The molecule has 1 saturated heterocycles. The number of benzene rings is 1. The Balaban J connectivity index is 1.44. The van der Waals surface area contributed by atoms with E-state index in [0.29, 0.717) is 36.7 Å². The van der Waals surface area contributed by atoms with Gasteiger partial charge in [0.1, 0.15) is 11.4 Å². The molecule has 0 radical (unpaired) electrons. The van der Waals surface area contributed by atoms with Gasteiger partial charge in [0.15, 0.2) is 0 Å². The molecule has 2 atom stereocenters. The van der Waals surface area contributed by atoms with Crippen LogP contribution < -0.4 is 16.0 Å². The molecule has 1 aliphatic carbocycles. The fourth-order valence-electron chi connectivity index (χ4n) is 5.42. The van der Waals surface area contributed by atoms with Crippen molar-refractivity contribution in [2.24, 2.45) is 5.92 Å². The number of alkyl halides is 6. The average molecular weight is 616 g/mol. The van der Waals surface area contributed by atoms with E-state index in [1.54, 1.807) is 36.2 Å². The van der Waals surface area contributed by atoms with Crippen LogP contribution in [0, 0.1) is 5.92 Å². The fraction of sp³-hybridized carbons (Fsp3) is 0.571. The number of amides is 2. The van der Waals surface area contributed by atoms with Crippen molar-refractivity contribution in [1.82, 2.24) is 25.1 Å². The molecule has 236 valence electrons. The number of carbonyl (C=O) groups is 2. The van der Waals surface area contributed by atoms with Crippen molar-refractivity contribution in [2.45, 2.75) is 63.0 Å². The molecule has 2 aliphatic rings. The lowest BCUT2D eigenvalue weighted by atomic mass is 10.0. The molecule has 2 fully saturated rings. The average Bonchev–Trinajstić information content (AvgIpc) is 3.40. The van der Waals surface area contributed by atoms with Gasteiger partial charge in [-0.2, -0.15) is 31.3 Å². The first-order valence-corrected chi connectivity index (χ1v) is 14.1. The van der Waals surface area contributed by atoms with Crippen LogP contribution in [0.4, 0.5) is 43.8 Å². The summed E-state index contributed by atoms with van der Waals surface area (Å²) in [4.78, 5) is 37.3. The standard InChI is InChI=1S/C28H35F6N7O2/c1-40-14-10-19(11-15-40)41(2)25(43)17-6-8-18(9-7-17)37-26-36-16-21(28(32,33)34)23(39-26)38-22-5-3-4-20(22)24(42)35-13-12-27(29,30)31/h6-9,16,19-20,22H,3-5,10-15H2,1-2H3,(H,35,42)(H2,36,37,38,39)/t20-,22+/m0/s1. The second kappa shape index (κ2) is 13.3. The first-order valence-electron chi connectivity index (χ1n) is 14.1. The van der Waals surface area contributed by atoms with Crippen LogP contribution in [0.2, 0.25) is 0 Å². The molecule has 9 nitrogen and oxygen atoms in total. The topological polar surface area (TPSA) is 102 Å². The molecule has 0 spiro atoms. The van der Waals surface area contributed by atoms with E-state index in [9.17, 15) is 35.9 Å². The van der Waals surface area contributed by atoms with Gasteiger partial charge in [-0.25, -0.2) is 4.98 Å².